The molecule has 1 fully saturated rings. The van der Waals surface area contributed by atoms with E-state index in [9.17, 15) is 9.18 Å². The maximum atomic E-state index is 13.2. The molecule has 1 saturated carbocycles. The molecular weight excluding hydrogens is 357 g/mol. The highest BCUT2D eigenvalue weighted by Crippen LogP contribution is 2.38. The first-order valence-corrected chi connectivity index (χ1v) is 8.51. The third kappa shape index (κ3) is 5.18. The van der Waals surface area contributed by atoms with Crippen LogP contribution in [0, 0.1) is 5.82 Å². The highest BCUT2D eigenvalue weighted by Gasteiger charge is 2.32. The van der Waals surface area contributed by atoms with Crippen molar-refractivity contribution in [3.63, 3.8) is 0 Å². The first kappa shape index (κ1) is 16.6. The molecule has 6 heteroatoms. The van der Waals surface area contributed by atoms with Gasteiger partial charge < -0.3 is 10.1 Å². The predicted molar refractivity (Wildman–Crippen MR) is 86.1 cm³/mol. The summed E-state index contributed by atoms with van der Waals surface area (Å²) >= 11 is 4.89. The monoisotopic (exact) mass is 375 g/mol. The molecule has 1 aliphatic rings. The summed E-state index contributed by atoms with van der Waals surface area (Å²) in [5.41, 5.74) is -0.470. The number of ether oxygens (including phenoxy) is 1. The van der Waals surface area contributed by atoms with Gasteiger partial charge in [0.2, 0.25) is 0 Å². The molecule has 0 saturated heterocycles. The summed E-state index contributed by atoms with van der Waals surface area (Å²) in [5.74, 6) is -0.252. The average Bonchev–Trinajstić information content (AvgIpc) is 2.28. The second kappa shape index (κ2) is 6.57. The molecule has 1 aliphatic carbocycles. The van der Waals surface area contributed by atoms with Crippen LogP contribution in [-0.2, 0) is 4.74 Å². The number of nitrogens with one attached hydrogen (secondary N) is 1. The predicted octanol–water partition coefficient (Wildman–Crippen LogP) is 4.74. The van der Waals surface area contributed by atoms with Crippen molar-refractivity contribution in [2.45, 2.75) is 55.4 Å². The standard InChI is InChI=1S/C15H19BrFNO2S/c1-15(2,3)20-14(19)18-9-6-11(7-9)21-10-4-5-13(17)12(16)8-10/h4-5,8-9,11H,6-7H2,1-3H3,(H,18,19). The number of alkyl carbamates (subject to hydrolysis) is 1. The van der Waals surface area contributed by atoms with Crippen molar-refractivity contribution in [2.75, 3.05) is 0 Å². The van der Waals surface area contributed by atoms with Crippen molar-refractivity contribution >= 4 is 33.8 Å². The highest BCUT2D eigenvalue weighted by atomic mass is 79.9. The Hall–Kier alpha value is -0.750. The summed E-state index contributed by atoms with van der Waals surface area (Å²) < 4.78 is 18.9. The normalized spacial score (nSPS) is 21.6. The van der Waals surface area contributed by atoms with Crippen LogP contribution in [-0.4, -0.2) is 23.0 Å². The maximum Gasteiger partial charge on any atom is 0.407 e. The fourth-order valence-corrected chi connectivity index (χ4v) is 3.90. The van der Waals surface area contributed by atoms with Crippen LogP contribution in [0.5, 0.6) is 0 Å². The van der Waals surface area contributed by atoms with Crippen molar-refractivity contribution in [2.24, 2.45) is 0 Å². The SMILES string of the molecule is CC(C)(C)OC(=O)NC1CC(Sc2ccc(F)c(Br)c2)C1. The van der Waals surface area contributed by atoms with Gasteiger partial charge in [-0.15, -0.1) is 11.8 Å². The first-order valence-electron chi connectivity index (χ1n) is 6.84. The number of thioether (sulfide) groups is 1. The maximum absolute atomic E-state index is 13.2. The molecule has 0 unspecified atom stereocenters. The van der Waals surface area contributed by atoms with Crippen molar-refractivity contribution in [3.05, 3.63) is 28.5 Å². The van der Waals surface area contributed by atoms with Gasteiger partial charge in [-0.25, -0.2) is 9.18 Å². The summed E-state index contributed by atoms with van der Waals surface area (Å²) in [6.45, 7) is 5.54. The van der Waals surface area contributed by atoms with E-state index in [1.54, 1.807) is 23.9 Å². The Balaban J connectivity index is 1.74. The van der Waals surface area contributed by atoms with Crippen LogP contribution >= 0.6 is 27.7 Å². The Morgan fingerprint density at radius 2 is 2.10 bits per heavy atom. The van der Waals surface area contributed by atoms with E-state index < -0.39 is 5.60 Å². The number of amides is 1. The van der Waals surface area contributed by atoms with E-state index in [1.165, 1.54) is 6.07 Å². The molecule has 21 heavy (non-hydrogen) atoms. The van der Waals surface area contributed by atoms with Crippen molar-refractivity contribution in [3.8, 4) is 0 Å². The lowest BCUT2D eigenvalue weighted by molar-refractivity contribution is 0.0482. The van der Waals surface area contributed by atoms with Gasteiger partial charge in [0.25, 0.3) is 0 Å². The van der Waals surface area contributed by atoms with Gasteiger partial charge in [0, 0.05) is 16.2 Å². The zero-order valence-corrected chi connectivity index (χ0v) is 14.7. The van der Waals surface area contributed by atoms with Gasteiger partial charge in [0.15, 0.2) is 0 Å². The largest absolute Gasteiger partial charge is 0.444 e. The molecule has 0 aromatic heterocycles. The second-order valence-corrected chi connectivity index (χ2v) is 8.36. The summed E-state index contributed by atoms with van der Waals surface area (Å²) in [4.78, 5) is 12.7. The first-order chi connectivity index (χ1) is 9.73. The van der Waals surface area contributed by atoms with Crippen molar-refractivity contribution in [1.29, 1.82) is 0 Å². The van der Waals surface area contributed by atoms with Crippen molar-refractivity contribution in [1.82, 2.24) is 5.32 Å². The van der Waals surface area contributed by atoms with Gasteiger partial charge in [-0.3, -0.25) is 0 Å². The summed E-state index contributed by atoms with van der Waals surface area (Å²) in [6.07, 6.45) is 1.44. The quantitative estimate of drug-likeness (QED) is 0.829. The number of halogens is 2. The van der Waals surface area contributed by atoms with Gasteiger partial charge in [0.1, 0.15) is 11.4 Å². The third-order valence-electron chi connectivity index (χ3n) is 3.01. The van der Waals surface area contributed by atoms with Crippen LogP contribution in [0.4, 0.5) is 9.18 Å². The van der Waals surface area contributed by atoms with Crippen molar-refractivity contribution < 1.29 is 13.9 Å². The topological polar surface area (TPSA) is 38.3 Å². The van der Waals surface area contributed by atoms with Gasteiger partial charge >= 0.3 is 6.09 Å². The Kier molecular flexibility index (Phi) is 5.20. The summed E-state index contributed by atoms with van der Waals surface area (Å²) in [7, 11) is 0. The van der Waals surface area contributed by atoms with E-state index in [2.05, 4.69) is 21.2 Å². The number of hydrogen-bond donors (Lipinski definition) is 1. The lowest BCUT2D eigenvalue weighted by atomic mass is 9.92. The van der Waals surface area contributed by atoms with E-state index in [4.69, 9.17) is 4.74 Å². The molecule has 2 rings (SSSR count). The number of rotatable bonds is 3. The molecule has 0 atom stereocenters. The number of carbonyl (C=O) groups excluding carboxylic acids is 1. The average molecular weight is 376 g/mol. The van der Waals surface area contributed by atoms with Crippen LogP contribution in [0.3, 0.4) is 0 Å². The van der Waals surface area contributed by atoms with Gasteiger partial charge in [-0.2, -0.15) is 0 Å². The Labute approximate surface area is 137 Å². The molecule has 0 heterocycles. The molecule has 0 radical (unpaired) electrons. The minimum Gasteiger partial charge on any atom is -0.444 e. The van der Waals surface area contributed by atoms with Crippen LogP contribution in [0.2, 0.25) is 0 Å². The van der Waals surface area contributed by atoms with Gasteiger partial charge in [-0.1, -0.05) is 0 Å². The minimum atomic E-state index is -0.470. The fourth-order valence-electron chi connectivity index (χ4n) is 2.00. The molecule has 3 nitrogen and oxygen atoms in total. The fraction of sp³-hybridized carbons (Fsp3) is 0.533. The number of carbonyl (C=O) groups is 1. The zero-order chi connectivity index (χ0) is 15.6. The molecule has 1 amide bonds. The van der Waals surface area contributed by atoms with Gasteiger partial charge in [-0.05, 0) is 67.7 Å². The summed E-state index contributed by atoms with van der Waals surface area (Å²) in [6, 6.07) is 5.19. The molecule has 0 bridgehead atoms. The highest BCUT2D eigenvalue weighted by molar-refractivity contribution is 9.10. The molecule has 1 aromatic carbocycles. The lowest BCUT2D eigenvalue weighted by Gasteiger charge is -2.35. The Morgan fingerprint density at radius 3 is 2.67 bits per heavy atom. The summed E-state index contributed by atoms with van der Waals surface area (Å²) in [5, 5.41) is 3.31. The zero-order valence-electron chi connectivity index (χ0n) is 12.3. The molecule has 0 spiro atoms. The molecule has 116 valence electrons. The molecule has 1 N–H and O–H groups in total. The smallest absolute Gasteiger partial charge is 0.407 e. The second-order valence-electron chi connectivity index (χ2n) is 6.13. The van der Waals surface area contributed by atoms with E-state index >= 15 is 0 Å². The molecule has 1 aromatic rings. The lowest BCUT2D eigenvalue weighted by Crippen LogP contribution is -2.47. The molecule has 0 aliphatic heterocycles. The van der Waals surface area contributed by atoms with E-state index in [0.29, 0.717) is 9.72 Å². The van der Waals surface area contributed by atoms with E-state index in [0.717, 1.165) is 17.7 Å². The van der Waals surface area contributed by atoms with Crippen LogP contribution < -0.4 is 5.32 Å². The van der Waals surface area contributed by atoms with E-state index in [1.807, 2.05) is 20.8 Å². The van der Waals surface area contributed by atoms with E-state index in [-0.39, 0.29) is 18.0 Å². The third-order valence-corrected chi connectivity index (χ3v) is 4.86. The Bertz CT molecular complexity index is 527. The number of hydrogen-bond acceptors (Lipinski definition) is 3. The molecular formula is C15H19BrFNO2S. The van der Waals surface area contributed by atoms with Crippen LogP contribution in [0.1, 0.15) is 33.6 Å². The van der Waals surface area contributed by atoms with Crippen LogP contribution in [0.15, 0.2) is 27.6 Å². The number of benzene rings is 1. The van der Waals surface area contributed by atoms with Gasteiger partial charge in [0.05, 0.1) is 4.47 Å². The Morgan fingerprint density at radius 1 is 1.43 bits per heavy atom. The minimum absolute atomic E-state index is 0.168. The van der Waals surface area contributed by atoms with Crippen LogP contribution in [0.25, 0.3) is 0 Å².